The Morgan fingerprint density at radius 2 is 1.81 bits per heavy atom. The van der Waals surface area contributed by atoms with E-state index < -0.39 is 10.2 Å². The minimum absolute atomic E-state index is 0.273. The zero-order valence-electron chi connectivity index (χ0n) is 13.7. The molecule has 1 heterocycles. The van der Waals surface area contributed by atoms with Crippen LogP contribution in [-0.4, -0.2) is 55.3 Å². The van der Waals surface area contributed by atoms with Crippen LogP contribution < -0.4 is 5.32 Å². The topological polar surface area (TPSA) is 52.7 Å². The van der Waals surface area contributed by atoms with Crippen LogP contribution in [0.2, 0.25) is 0 Å². The van der Waals surface area contributed by atoms with Crippen LogP contribution in [0.25, 0.3) is 0 Å². The third kappa shape index (κ3) is 4.65. The average Bonchev–Trinajstić information content (AvgIpc) is 3.27. The maximum absolute atomic E-state index is 12.8. The molecule has 1 aliphatic carbocycles. The van der Waals surface area contributed by atoms with Gasteiger partial charge in [0.1, 0.15) is 0 Å². The maximum Gasteiger partial charge on any atom is 0.282 e. The number of rotatable bonds is 8. The van der Waals surface area contributed by atoms with Gasteiger partial charge in [0.05, 0.1) is 0 Å². The fourth-order valence-corrected chi connectivity index (χ4v) is 4.93. The third-order valence-corrected chi connectivity index (χ3v) is 6.50. The van der Waals surface area contributed by atoms with Gasteiger partial charge in [-0.15, -0.1) is 0 Å². The smallest absolute Gasteiger partial charge is 0.282 e. The lowest BCUT2D eigenvalue weighted by Gasteiger charge is -2.35. The van der Waals surface area contributed by atoms with Crippen LogP contribution in [0.15, 0.2) is 0 Å². The Labute approximate surface area is 130 Å². The number of nitrogens with zero attached hydrogens (tertiary/aromatic N) is 2. The van der Waals surface area contributed by atoms with Gasteiger partial charge in [0.2, 0.25) is 0 Å². The molecule has 0 aromatic carbocycles. The SMILES string of the molecule is CCCN(C1CC1)S(=O)(=O)N1CCC(CNC(C)C)CC1. The van der Waals surface area contributed by atoms with Crippen LogP contribution in [0.5, 0.6) is 0 Å². The Hall–Kier alpha value is -0.170. The maximum atomic E-state index is 12.8. The van der Waals surface area contributed by atoms with Crippen molar-refractivity contribution >= 4 is 10.2 Å². The fourth-order valence-electron chi connectivity index (χ4n) is 2.96. The molecule has 0 aromatic rings. The first-order chi connectivity index (χ1) is 9.95. The second kappa shape index (κ2) is 7.40. The van der Waals surface area contributed by atoms with Gasteiger partial charge in [0.15, 0.2) is 0 Å². The first-order valence-electron chi connectivity index (χ1n) is 8.45. The molecule has 1 saturated heterocycles. The van der Waals surface area contributed by atoms with Crippen molar-refractivity contribution < 1.29 is 8.42 Å². The van der Waals surface area contributed by atoms with Gasteiger partial charge in [-0.25, -0.2) is 0 Å². The predicted octanol–water partition coefficient (Wildman–Crippen LogP) is 1.82. The minimum atomic E-state index is -3.23. The lowest BCUT2D eigenvalue weighted by molar-refractivity contribution is 0.244. The Balaban J connectivity index is 1.87. The molecular formula is C15H31N3O2S. The van der Waals surface area contributed by atoms with Crippen molar-refractivity contribution in [3.63, 3.8) is 0 Å². The van der Waals surface area contributed by atoms with Crippen molar-refractivity contribution in [2.75, 3.05) is 26.2 Å². The summed E-state index contributed by atoms with van der Waals surface area (Å²) in [5.41, 5.74) is 0. The van der Waals surface area contributed by atoms with Crippen LogP contribution in [0.4, 0.5) is 0 Å². The molecular weight excluding hydrogens is 286 g/mol. The van der Waals surface area contributed by atoms with Gasteiger partial charge in [-0.1, -0.05) is 20.8 Å². The average molecular weight is 317 g/mol. The molecule has 1 N–H and O–H groups in total. The summed E-state index contributed by atoms with van der Waals surface area (Å²) < 4.78 is 29.0. The largest absolute Gasteiger partial charge is 0.314 e. The Morgan fingerprint density at radius 3 is 2.29 bits per heavy atom. The zero-order chi connectivity index (χ0) is 15.5. The van der Waals surface area contributed by atoms with E-state index in [0.29, 0.717) is 31.6 Å². The number of hydrogen-bond donors (Lipinski definition) is 1. The summed E-state index contributed by atoms with van der Waals surface area (Å²) in [5.74, 6) is 0.611. The van der Waals surface area contributed by atoms with Gasteiger partial charge in [-0.05, 0) is 44.6 Å². The molecule has 1 saturated carbocycles. The van der Waals surface area contributed by atoms with Crippen molar-refractivity contribution in [2.24, 2.45) is 5.92 Å². The standard InChI is InChI=1S/C15H31N3O2S/c1-4-9-18(15-5-6-15)21(19,20)17-10-7-14(8-11-17)12-16-13(2)3/h13-16H,4-12H2,1-3H3. The lowest BCUT2D eigenvalue weighted by atomic mass is 9.98. The highest BCUT2D eigenvalue weighted by Gasteiger charge is 2.40. The van der Waals surface area contributed by atoms with Gasteiger partial charge >= 0.3 is 0 Å². The summed E-state index contributed by atoms with van der Waals surface area (Å²) in [6.45, 7) is 9.39. The van der Waals surface area contributed by atoms with Crippen molar-refractivity contribution in [3.8, 4) is 0 Å². The minimum Gasteiger partial charge on any atom is -0.314 e. The van der Waals surface area contributed by atoms with E-state index in [-0.39, 0.29) is 6.04 Å². The van der Waals surface area contributed by atoms with Crippen molar-refractivity contribution in [1.82, 2.24) is 13.9 Å². The molecule has 0 unspecified atom stereocenters. The highest BCUT2D eigenvalue weighted by Crippen LogP contribution is 2.32. The van der Waals surface area contributed by atoms with E-state index in [0.717, 1.165) is 38.6 Å². The van der Waals surface area contributed by atoms with Crippen LogP contribution in [0.1, 0.15) is 52.9 Å². The molecule has 1 aliphatic heterocycles. The molecule has 0 amide bonds. The van der Waals surface area contributed by atoms with E-state index in [9.17, 15) is 8.42 Å². The van der Waals surface area contributed by atoms with Gasteiger partial charge in [0, 0.05) is 31.7 Å². The Kier molecular flexibility index (Phi) is 6.05. The molecule has 0 radical (unpaired) electrons. The highest BCUT2D eigenvalue weighted by molar-refractivity contribution is 7.86. The summed E-state index contributed by atoms with van der Waals surface area (Å²) >= 11 is 0. The van der Waals surface area contributed by atoms with Crippen LogP contribution >= 0.6 is 0 Å². The first-order valence-corrected chi connectivity index (χ1v) is 9.85. The van der Waals surface area contributed by atoms with Crippen molar-refractivity contribution in [3.05, 3.63) is 0 Å². The fraction of sp³-hybridized carbons (Fsp3) is 1.00. The Morgan fingerprint density at radius 1 is 1.19 bits per heavy atom. The second-order valence-electron chi connectivity index (χ2n) is 6.76. The van der Waals surface area contributed by atoms with Crippen LogP contribution in [0, 0.1) is 5.92 Å². The molecule has 2 fully saturated rings. The van der Waals surface area contributed by atoms with Gasteiger partial charge in [0.25, 0.3) is 10.2 Å². The molecule has 0 atom stereocenters. The monoisotopic (exact) mass is 317 g/mol. The van der Waals surface area contributed by atoms with E-state index in [1.54, 1.807) is 8.61 Å². The van der Waals surface area contributed by atoms with E-state index in [1.165, 1.54) is 0 Å². The van der Waals surface area contributed by atoms with Gasteiger partial charge in [-0.2, -0.15) is 17.0 Å². The van der Waals surface area contributed by atoms with Gasteiger partial charge in [-0.3, -0.25) is 0 Å². The Bertz CT molecular complexity index is 413. The molecule has 5 nitrogen and oxygen atoms in total. The lowest BCUT2D eigenvalue weighted by Crippen LogP contribution is -2.49. The number of piperidine rings is 1. The number of nitrogens with one attached hydrogen (secondary N) is 1. The second-order valence-corrected chi connectivity index (χ2v) is 8.64. The predicted molar refractivity (Wildman–Crippen MR) is 86.4 cm³/mol. The van der Waals surface area contributed by atoms with E-state index >= 15 is 0 Å². The van der Waals surface area contributed by atoms with Gasteiger partial charge < -0.3 is 5.32 Å². The quantitative estimate of drug-likeness (QED) is 0.743. The van der Waals surface area contributed by atoms with Crippen LogP contribution in [0.3, 0.4) is 0 Å². The van der Waals surface area contributed by atoms with Crippen molar-refractivity contribution in [2.45, 2.75) is 65.0 Å². The summed E-state index contributed by atoms with van der Waals surface area (Å²) in [7, 11) is -3.23. The van der Waals surface area contributed by atoms with Crippen molar-refractivity contribution in [1.29, 1.82) is 0 Å². The molecule has 124 valence electrons. The summed E-state index contributed by atoms with van der Waals surface area (Å²) in [5, 5.41) is 3.46. The first kappa shape index (κ1) is 17.2. The van der Waals surface area contributed by atoms with E-state index in [1.807, 2.05) is 0 Å². The summed E-state index contributed by atoms with van der Waals surface area (Å²) in [4.78, 5) is 0. The third-order valence-electron chi connectivity index (χ3n) is 4.41. The summed E-state index contributed by atoms with van der Waals surface area (Å²) in [6.07, 6.45) is 4.92. The highest BCUT2D eigenvalue weighted by atomic mass is 32.2. The molecule has 2 rings (SSSR count). The molecule has 2 aliphatic rings. The summed E-state index contributed by atoms with van der Waals surface area (Å²) in [6, 6.07) is 0.775. The molecule has 0 bridgehead atoms. The molecule has 21 heavy (non-hydrogen) atoms. The molecule has 6 heteroatoms. The zero-order valence-corrected chi connectivity index (χ0v) is 14.5. The molecule has 0 aromatic heterocycles. The van der Waals surface area contributed by atoms with E-state index in [2.05, 4.69) is 26.1 Å². The normalized spacial score (nSPS) is 22.3. The molecule has 0 spiro atoms. The van der Waals surface area contributed by atoms with E-state index in [4.69, 9.17) is 0 Å². The van der Waals surface area contributed by atoms with Crippen LogP contribution in [-0.2, 0) is 10.2 Å². The number of hydrogen-bond acceptors (Lipinski definition) is 3.